The zero-order valence-electron chi connectivity index (χ0n) is 22.2. The number of nitrogens with zero attached hydrogens (tertiary/aromatic N) is 3. The SMILES string of the molecule is CC1CCN(C(=O)C(=O)c2c[nH]c3ccc(C(=O)N4CC(C)N(Cc5cccc(Cl)c5)CC4C)cc23)CC1. The molecular weight excluding hydrogens is 500 g/mol. The summed E-state index contributed by atoms with van der Waals surface area (Å²) in [6.45, 7) is 9.71. The van der Waals surface area contributed by atoms with Gasteiger partial charge in [0, 0.05) is 72.5 Å². The monoisotopic (exact) mass is 534 g/mol. The van der Waals surface area contributed by atoms with Crippen LogP contribution in [0.2, 0.25) is 5.02 Å². The van der Waals surface area contributed by atoms with Crippen molar-refractivity contribution in [2.24, 2.45) is 5.92 Å². The van der Waals surface area contributed by atoms with E-state index in [1.54, 1.807) is 23.2 Å². The van der Waals surface area contributed by atoms with Gasteiger partial charge in [0.05, 0.1) is 5.56 Å². The average Bonchev–Trinajstić information content (AvgIpc) is 3.33. The third kappa shape index (κ3) is 5.36. The molecule has 2 unspecified atom stereocenters. The second-order valence-corrected chi connectivity index (χ2v) is 11.4. The van der Waals surface area contributed by atoms with Crippen LogP contribution in [0.4, 0.5) is 0 Å². The maximum Gasteiger partial charge on any atom is 0.295 e. The summed E-state index contributed by atoms with van der Waals surface area (Å²) >= 11 is 6.17. The lowest BCUT2D eigenvalue weighted by atomic mass is 9.98. The first-order valence-corrected chi connectivity index (χ1v) is 13.8. The number of Topliss-reactive ketones (excluding diaryl/α,β-unsaturated/α-hetero) is 1. The minimum atomic E-state index is -0.521. The van der Waals surface area contributed by atoms with Crippen LogP contribution in [-0.2, 0) is 11.3 Å². The molecule has 1 N–H and O–H groups in total. The van der Waals surface area contributed by atoms with Crippen LogP contribution in [0.1, 0.15) is 59.9 Å². The first-order chi connectivity index (χ1) is 18.2. The summed E-state index contributed by atoms with van der Waals surface area (Å²) in [5.74, 6) is -0.482. The molecule has 5 rings (SSSR count). The Bertz CT molecular complexity index is 1360. The fourth-order valence-corrected chi connectivity index (χ4v) is 5.86. The van der Waals surface area contributed by atoms with Crippen molar-refractivity contribution in [1.82, 2.24) is 19.7 Å². The molecule has 8 heteroatoms. The number of halogens is 1. The van der Waals surface area contributed by atoms with Gasteiger partial charge >= 0.3 is 0 Å². The lowest BCUT2D eigenvalue weighted by Gasteiger charge is -2.44. The highest BCUT2D eigenvalue weighted by atomic mass is 35.5. The van der Waals surface area contributed by atoms with Gasteiger partial charge < -0.3 is 14.8 Å². The fraction of sp³-hybridized carbons (Fsp3) is 0.433. The highest BCUT2D eigenvalue weighted by Gasteiger charge is 2.33. The number of piperazine rings is 1. The van der Waals surface area contributed by atoms with Crippen molar-refractivity contribution in [2.75, 3.05) is 26.2 Å². The van der Waals surface area contributed by atoms with Gasteiger partial charge in [-0.3, -0.25) is 19.3 Å². The van der Waals surface area contributed by atoms with E-state index in [1.165, 1.54) is 0 Å². The molecule has 7 nitrogen and oxygen atoms in total. The van der Waals surface area contributed by atoms with Gasteiger partial charge in [-0.15, -0.1) is 0 Å². The summed E-state index contributed by atoms with van der Waals surface area (Å²) in [5, 5.41) is 1.34. The number of aromatic amines is 1. The molecule has 2 aliphatic rings. The Hall–Kier alpha value is -3.16. The molecule has 2 atom stereocenters. The second-order valence-electron chi connectivity index (χ2n) is 11.0. The van der Waals surface area contributed by atoms with E-state index in [9.17, 15) is 14.4 Å². The van der Waals surface area contributed by atoms with E-state index in [0.717, 1.165) is 42.0 Å². The summed E-state index contributed by atoms with van der Waals surface area (Å²) in [6.07, 6.45) is 3.41. The Morgan fingerprint density at radius 2 is 1.74 bits per heavy atom. The van der Waals surface area contributed by atoms with Crippen LogP contribution in [-0.4, -0.2) is 75.5 Å². The van der Waals surface area contributed by atoms with Crippen LogP contribution in [0.3, 0.4) is 0 Å². The van der Waals surface area contributed by atoms with Crippen molar-refractivity contribution >= 4 is 40.1 Å². The molecule has 0 saturated carbocycles. The van der Waals surface area contributed by atoms with Gasteiger partial charge in [0.15, 0.2) is 0 Å². The normalized spacial score (nSPS) is 21.2. The van der Waals surface area contributed by atoms with Crippen LogP contribution < -0.4 is 0 Å². The number of rotatable bonds is 5. The number of hydrogen-bond donors (Lipinski definition) is 1. The van der Waals surface area contributed by atoms with E-state index in [-0.39, 0.29) is 18.0 Å². The van der Waals surface area contributed by atoms with E-state index >= 15 is 0 Å². The summed E-state index contributed by atoms with van der Waals surface area (Å²) < 4.78 is 0. The number of aromatic nitrogens is 1. The molecule has 0 bridgehead atoms. The number of benzene rings is 2. The average molecular weight is 535 g/mol. The number of carbonyl (C=O) groups is 3. The number of nitrogens with one attached hydrogen (secondary N) is 1. The zero-order valence-corrected chi connectivity index (χ0v) is 23.0. The van der Waals surface area contributed by atoms with E-state index in [4.69, 9.17) is 11.6 Å². The fourth-order valence-electron chi connectivity index (χ4n) is 5.65. The number of piperidine rings is 1. The second kappa shape index (κ2) is 10.9. The number of likely N-dealkylation sites (tertiary alicyclic amines) is 1. The molecule has 2 fully saturated rings. The maximum absolute atomic E-state index is 13.6. The minimum Gasteiger partial charge on any atom is -0.360 e. The predicted octanol–water partition coefficient (Wildman–Crippen LogP) is 5.00. The number of ketones is 1. The minimum absolute atomic E-state index is 0.0176. The molecule has 2 aliphatic heterocycles. The summed E-state index contributed by atoms with van der Waals surface area (Å²) in [7, 11) is 0. The van der Waals surface area contributed by atoms with Gasteiger partial charge in [-0.1, -0.05) is 30.7 Å². The highest BCUT2D eigenvalue weighted by molar-refractivity contribution is 6.45. The van der Waals surface area contributed by atoms with E-state index < -0.39 is 11.7 Å². The van der Waals surface area contributed by atoms with Gasteiger partial charge in [0.25, 0.3) is 17.6 Å². The topological polar surface area (TPSA) is 76.7 Å². The molecule has 2 amide bonds. The Labute approximate surface area is 228 Å². The van der Waals surface area contributed by atoms with Crippen LogP contribution in [0.25, 0.3) is 10.9 Å². The number of fused-ring (bicyclic) bond motifs is 1. The molecule has 0 spiro atoms. The van der Waals surface area contributed by atoms with E-state index in [2.05, 4.69) is 36.7 Å². The van der Waals surface area contributed by atoms with Crippen molar-refractivity contribution in [3.63, 3.8) is 0 Å². The van der Waals surface area contributed by atoms with Crippen LogP contribution in [0, 0.1) is 5.92 Å². The Balaban J connectivity index is 1.31. The van der Waals surface area contributed by atoms with E-state index in [1.807, 2.05) is 29.2 Å². The van der Waals surface area contributed by atoms with Crippen LogP contribution in [0.15, 0.2) is 48.7 Å². The lowest BCUT2D eigenvalue weighted by Crippen LogP contribution is -2.57. The maximum atomic E-state index is 13.6. The van der Waals surface area contributed by atoms with Gasteiger partial charge in [0.1, 0.15) is 0 Å². The largest absolute Gasteiger partial charge is 0.360 e. The number of hydrogen-bond acceptors (Lipinski definition) is 4. The number of carbonyl (C=O) groups excluding carboxylic acids is 3. The van der Waals surface area contributed by atoms with Crippen LogP contribution in [0.5, 0.6) is 0 Å². The lowest BCUT2D eigenvalue weighted by molar-refractivity contribution is -0.127. The molecule has 38 heavy (non-hydrogen) atoms. The Morgan fingerprint density at radius 1 is 0.974 bits per heavy atom. The van der Waals surface area contributed by atoms with Crippen molar-refractivity contribution < 1.29 is 14.4 Å². The summed E-state index contributed by atoms with van der Waals surface area (Å²) in [5.41, 5.74) is 2.73. The number of amides is 2. The quantitative estimate of drug-likeness (QED) is 0.369. The Morgan fingerprint density at radius 3 is 2.47 bits per heavy atom. The molecule has 2 aromatic carbocycles. The molecule has 3 aromatic rings. The molecule has 200 valence electrons. The molecule has 0 radical (unpaired) electrons. The van der Waals surface area contributed by atoms with Gasteiger partial charge in [-0.05, 0) is 68.5 Å². The van der Waals surface area contributed by atoms with Gasteiger partial charge in [0.2, 0.25) is 0 Å². The third-order valence-corrected chi connectivity index (χ3v) is 8.32. The van der Waals surface area contributed by atoms with Crippen LogP contribution >= 0.6 is 11.6 Å². The predicted molar refractivity (Wildman–Crippen MR) is 149 cm³/mol. The first-order valence-electron chi connectivity index (χ1n) is 13.5. The van der Waals surface area contributed by atoms with Gasteiger partial charge in [-0.25, -0.2) is 0 Å². The van der Waals surface area contributed by atoms with Crippen molar-refractivity contribution in [3.8, 4) is 0 Å². The van der Waals surface area contributed by atoms with Gasteiger partial charge in [-0.2, -0.15) is 0 Å². The van der Waals surface area contributed by atoms with Crippen molar-refractivity contribution in [1.29, 1.82) is 0 Å². The van der Waals surface area contributed by atoms with Crippen molar-refractivity contribution in [2.45, 2.75) is 52.2 Å². The molecule has 1 aromatic heterocycles. The first kappa shape index (κ1) is 26.4. The third-order valence-electron chi connectivity index (χ3n) is 8.09. The summed E-state index contributed by atoms with van der Waals surface area (Å²) in [6, 6.07) is 13.4. The molecular formula is C30H35ClN4O3. The van der Waals surface area contributed by atoms with Crippen molar-refractivity contribution in [3.05, 3.63) is 70.4 Å². The highest BCUT2D eigenvalue weighted by Crippen LogP contribution is 2.26. The molecule has 3 heterocycles. The Kier molecular flexibility index (Phi) is 7.59. The van der Waals surface area contributed by atoms with E-state index in [0.29, 0.717) is 42.1 Å². The molecule has 0 aliphatic carbocycles. The number of H-pyrrole nitrogens is 1. The summed E-state index contributed by atoms with van der Waals surface area (Å²) in [4.78, 5) is 48.8. The standard InChI is InChI=1S/C30H35ClN4O3/c1-19-9-11-33(12-10-19)30(38)28(36)26-15-32-27-8-7-23(14-25(26)27)29(37)35-17-20(2)34(16-21(35)3)18-22-5-4-6-24(31)13-22/h4-8,13-15,19-21,32H,9-12,16-18H2,1-3H3. The molecule has 2 saturated heterocycles. The smallest absolute Gasteiger partial charge is 0.295 e. The zero-order chi connectivity index (χ0) is 27.0.